The Balaban J connectivity index is 1.71. The van der Waals surface area contributed by atoms with Crippen LogP contribution in [0.15, 0.2) is 48.7 Å². The standard InChI is InChI=1S/C19H26N4O/c1-23(2)14-6-13-20-18-11-10-17(15-21-18)22-19(24)12-9-16-7-4-3-5-8-16/h3-5,7-8,10-11,15H,6,9,12-14H2,1-2H3,(H,20,21)(H,22,24). The Bertz CT molecular complexity index is 611. The fourth-order valence-corrected chi connectivity index (χ4v) is 2.31. The van der Waals surface area contributed by atoms with Crippen molar-refractivity contribution in [1.29, 1.82) is 0 Å². The minimum Gasteiger partial charge on any atom is -0.370 e. The fraction of sp³-hybridized carbons (Fsp3) is 0.368. The number of hydrogen-bond acceptors (Lipinski definition) is 4. The second-order valence-electron chi connectivity index (χ2n) is 6.05. The molecule has 24 heavy (non-hydrogen) atoms. The maximum Gasteiger partial charge on any atom is 0.224 e. The van der Waals surface area contributed by atoms with Crippen molar-refractivity contribution in [3.63, 3.8) is 0 Å². The first-order valence-corrected chi connectivity index (χ1v) is 8.32. The molecule has 0 aliphatic heterocycles. The highest BCUT2D eigenvalue weighted by atomic mass is 16.1. The molecule has 1 heterocycles. The fourth-order valence-electron chi connectivity index (χ4n) is 2.31. The zero-order valence-corrected chi connectivity index (χ0v) is 14.5. The van der Waals surface area contributed by atoms with Crippen molar-refractivity contribution in [3.8, 4) is 0 Å². The van der Waals surface area contributed by atoms with E-state index in [1.165, 1.54) is 5.56 Å². The largest absolute Gasteiger partial charge is 0.370 e. The van der Waals surface area contributed by atoms with E-state index in [1.807, 2.05) is 42.5 Å². The first-order chi connectivity index (χ1) is 11.6. The molecule has 0 bridgehead atoms. The van der Waals surface area contributed by atoms with Crippen LogP contribution in [-0.4, -0.2) is 43.0 Å². The van der Waals surface area contributed by atoms with E-state index in [4.69, 9.17) is 0 Å². The molecule has 0 radical (unpaired) electrons. The van der Waals surface area contributed by atoms with Crippen molar-refractivity contribution in [3.05, 3.63) is 54.2 Å². The van der Waals surface area contributed by atoms with E-state index in [2.05, 4.69) is 34.6 Å². The minimum absolute atomic E-state index is 0.00680. The van der Waals surface area contributed by atoms with Gasteiger partial charge in [0.2, 0.25) is 5.91 Å². The summed E-state index contributed by atoms with van der Waals surface area (Å²) in [5.74, 6) is 0.836. The summed E-state index contributed by atoms with van der Waals surface area (Å²) >= 11 is 0. The molecule has 0 unspecified atom stereocenters. The Kier molecular flexibility index (Phi) is 7.23. The van der Waals surface area contributed by atoms with Gasteiger partial charge in [0.25, 0.3) is 0 Å². The molecule has 1 aromatic carbocycles. The van der Waals surface area contributed by atoms with Crippen LogP contribution in [0.3, 0.4) is 0 Å². The summed E-state index contributed by atoms with van der Waals surface area (Å²) in [5.41, 5.74) is 1.90. The number of aromatic nitrogens is 1. The predicted octanol–water partition coefficient (Wildman–Crippen LogP) is 3.02. The van der Waals surface area contributed by atoms with E-state index in [0.29, 0.717) is 6.42 Å². The molecule has 2 N–H and O–H groups in total. The molecule has 1 aromatic heterocycles. The highest BCUT2D eigenvalue weighted by Gasteiger charge is 2.04. The number of carbonyl (C=O) groups excluding carboxylic acids is 1. The molecule has 0 fully saturated rings. The van der Waals surface area contributed by atoms with Gasteiger partial charge >= 0.3 is 0 Å². The molecular formula is C19H26N4O. The van der Waals surface area contributed by atoms with Gasteiger partial charge in [0, 0.05) is 13.0 Å². The van der Waals surface area contributed by atoms with Crippen LogP contribution in [0.4, 0.5) is 11.5 Å². The summed E-state index contributed by atoms with van der Waals surface area (Å²) in [6, 6.07) is 13.8. The number of aryl methyl sites for hydroxylation is 1. The molecule has 0 saturated carbocycles. The molecular weight excluding hydrogens is 300 g/mol. The van der Waals surface area contributed by atoms with Gasteiger partial charge in [0.15, 0.2) is 0 Å². The van der Waals surface area contributed by atoms with Crippen molar-refractivity contribution >= 4 is 17.4 Å². The van der Waals surface area contributed by atoms with Gasteiger partial charge in [-0.1, -0.05) is 30.3 Å². The number of nitrogens with zero attached hydrogens (tertiary/aromatic N) is 2. The zero-order valence-electron chi connectivity index (χ0n) is 14.5. The molecule has 2 rings (SSSR count). The molecule has 0 spiro atoms. The molecule has 0 atom stereocenters. The van der Waals surface area contributed by atoms with Crippen molar-refractivity contribution in [1.82, 2.24) is 9.88 Å². The third-order valence-electron chi connectivity index (χ3n) is 3.62. The Morgan fingerprint density at radius 3 is 2.58 bits per heavy atom. The predicted molar refractivity (Wildman–Crippen MR) is 99.3 cm³/mol. The summed E-state index contributed by atoms with van der Waals surface area (Å²) in [5, 5.41) is 6.16. The van der Waals surface area contributed by atoms with Crippen LogP contribution in [0.2, 0.25) is 0 Å². The van der Waals surface area contributed by atoms with Crippen LogP contribution in [0.25, 0.3) is 0 Å². The number of benzene rings is 1. The number of anilines is 2. The summed E-state index contributed by atoms with van der Waals surface area (Å²) in [6.07, 6.45) is 3.96. The highest BCUT2D eigenvalue weighted by Crippen LogP contribution is 2.11. The maximum atomic E-state index is 12.0. The van der Waals surface area contributed by atoms with Crippen molar-refractivity contribution < 1.29 is 4.79 Å². The first-order valence-electron chi connectivity index (χ1n) is 8.32. The van der Waals surface area contributed by atoms with Crippen LogP contribution in [0.5, 0.6) is 0 Å². The second-order valence-corrected chi connectivity index (χ2v) is 6.05. The van der Waals surface area contributed by atoms with E-state index < -0.39 is 0 Å². The van der Waals surface area contributed by atoms with Gasteiger partial charge in [-0.25, -0.2) is 4.98 Å². The van der Waals surface area contributed by atoms with Gasteiger partial charge in [-0.15, -0.1) is 0 Å². The lowest BCUT2D eigenvalue weighted by atomic mass is 10.1. The zero-order chi connectivity index (χ0) is 17.2. The Hall–Kier alpha value is -2.40. The van der Waals surface area contributed by atoms with E-state index in [9.17, 15) is 4.79 Å². The van der Waals surface area contributed by atoms with Crippen LogP contribution in [0, 0.1) is 0 Å². The average Bonchev–Trinajstić information content (AvgIpc) is 2.59. The highest BCUT2D eigenvalue weighted by molar-refractivity contribution is 5.90. The van der Waals surface area contributed by atoms with Crippen LogP contribution < -0.4 is 10.6 Å². The van der Waals surface area contributed by atoms with Crippen LogP contribution in [-0.2, 0) is 11.2 Å². The number of carbonyl (C=O) groups is 1. The lowest BCUT2D eigenvalue weighted by Crippen LogP contribution is -2.16. The van der Waals surface area contributed by atoms with Gasteiger partial charge in [-0.3, -0.25) is 4.79 Å². The minimum atomic E-state index is 0.00680. The number of amides is 1. The SMILES string of the molecule is CN(C)CCCNc1ccc(NC(=O)CCc2ccccc2)cn1. The van der Waals surface area contributed by atoms with Crippen molar-refractivity contribution in [2.45, 2.75) is 19.3 Å². The first kappa shape index (κ1) is 17.9. The average molecular weight is 326 g/mol. The summed E-state index contributed by atoms with van der Waals surface area (Å²) in [4.78, 5) is 18.5. The summed E-state index contributed by atoms with van der Waals surface area (Å²) in [6.45, 7) is 1.93. The third kappa shape index (κ3) is 6.79. The summed E-state index contributed by atoms with van der Waals surface area (Å²) in [7, 11) is 4.13. The van der Waals surface area contributed by atoms with E-state index >= 15 is 0 Å². The van der Waals surface area contributed by atoms with Gasteiger partial charge in [-0.05, 0) is 51.2 Å². The molecule has 5 heteroatoms. The number of rotatable bonds is 9. The smallest absolute Gasteiger partial charge is 0.224 e. The van der Waals surface area contributed by atoms with Crippen molar-refractivity contribution in [2.24, 2.45) is 0 Å². The number of pyridine rings is 1. The second kappa shape index (κ2) is 9.67. The number of hydrogen-bond donors (Lipinski definition) is 2. The monoisotopic (exact) mass is 326 g/mol. The van der Waals surface area contributed by atoms with E-state index in [-0.39, 0.29) is 5.91 Å². The normalized spacial score (nSPS) is 10.6. The van der Waals surface area contributed by atoms with Crippen molar-refractivity contribution in [2.75, 3.05) is 37.8 Å². The quantitative estimate of drug-likeness (QED) is 0.696. The van der Waals surface area contributed by atoms with E-state index in [0.717, 1.165) is 37.4 Å². The Morgan fingerprint density at radius 1 is 1.12 bits per heavy atom. The molecule has 1 amide bonds. The van der Waals surface area contributed by atoms with E-state index in [1.54, 1.807) is 6.20 Å². The lowest BCUT2D eigenvalue weighted by molar-refractivity contribution is -0.116. The molecule has 5 nitrogen and oxygen atoms in total. The molecule has 2 aromatic rings. The molecule has 0 aliphatic carbocycles. The Labute approximate surface area is 144 Å². The molecule has 0 aliphatic rings. The third-order valence-corrected chi connectivity index (χ3v) is 3.62. The van der Waals surface area contributed by atoms with Crippen LogP contribution >= 0.6 is 0 Å². The van der Waals surface area contributed by atoms with Crippen LogP contribution in [0.1, 0.15) is 18.4 Å². The number of nitrogens with one attached hydrogen (secondary N) is 2. The van der Waals surface area contributed by atoms with Gasteiger partial charge in [-0.2, -0.15) is 0 Å². The van der Waals surface area contributed by atoms with Gasteiger partial charge in [0.1, 0.15) is 5.82 Å². The molecule has 128 valence electrons. The molecule has 0 saturated heterocycles. The topological polar surface area (TPSA) is 57.3 Å². The van der Waals surface area contributed by atoms with Gasteiger partial charge in [0.05, 0.1) is 11.9 Å². The lowest BCUT2D eigenvalue weighted by Gasteiger charge is -2.10. The summed E-state index contributed by atoms with van der Waals surface area (Å²) < 4.78 is 0. The Morgan fingerprint density at radius 2 is 1.92 bits per heavy atom. The van der Waals surface area contributed by atoms with Gasteiger partial charge < -0.3 is 15.5 Å². The maximum absolute atomic E-state index is 12.0.